The summed E-state index contributed by atoms with van der Waals surface area (Å²) in [6.45, 7) is 1.92. The summed E-state index contributed by atoms with van der Waals surface area (Å²) in [6, 6.07) is 24.8. The Bertz CT molecular complexity index is 1150. The maximum Gasteiger partial charge on any atom is 0.210 e. The van der Waals surface area contributed by atoms with Gasteiger partial charge in [-0.15, -0.1) is 16.4 Å². The first-order valence-electron chi connectivity index (χ1n) is 9.02. The summed E-state index contributed by atoms with van der Waals surface area (Å²) in [7, 11) is 2.02. The van der Waals surface area contributed by atoms with Crippen molar-refractivity contribution < 1.29 is 0 Å². The number of benzene rings is 2. The Hall–Kier alpha value is -3.31. The number of pyridine rings is 1. The van der Waals surface area contributed by atoms with Crippen molar-refractivity contribution in [3.05, 3.63) is 94.9 Å². The third kappa shape index (κ3) is 3.85. The number of hydrogen-bond acceptors (Lipinski definition) is 4. The predicted octanol–water partition coefficient (Wildman–Crippen LogP) is 5.14. The molecule has 0 unspecified atom stereocenters. The second-order valence-corrected chi connectivity index (χ2v) is 7.24. The van der Waals surface area contributed by atoms with Gasteiger partial charge >= 0.3 is 0 Å². The lowest BCUT2D eigenvalue weighted by Crippen LogP contribution is -2.11. The predicted molar refractivity (Wildman–Crippen MR) is 116 cm³/mol. The lowest BCUT2D eigenvalue weighted by molar-refractivity contribution is 0.862. The number of rotatable bonds is 4. The minimum atomic E-state index is 0.794. The molecule has 4 aromatic rings. The molecule has 0 saturated carbocycles. The van der Waals surface area contributed by atoms with Crippen molar-refractivity contribution in [3.8, 4) is 22.4 Å². The van der Waals surface area contributed by atoms with Crippen LogP contribution in [-0.2, 0) is 7.05 Å². The molecule has 0 saturated heterocycles. The fourth-order valence-corrected chi connectivity index (χ4v) is 3.79. The van der Waals surface area contributed by atoms with Gasteiger partial charge in [-0.2, -0.15) is 5.10 Å². The van der Waals surface area contributed by atoms with E-state index in [-0.39, 0.29) is 0 Å². The van der Waals surface area contributed by atoms with Gasteiger partial charge in [0.15, 0.2) is 0 Å². The molecule has 0 aliphatic rings. The van der Waals surface area contributed by atoms with E-state index in [4.69, 9.17) is 0 Å². The Morgan fingerprint density at radius 1 is 0.857 bits per heavy atom. The molecule has 4 rings (SSSR count). The third-order valence-electron chi connectivity index (χ3n) is 4.53. The molecular weight excluding hydrogens is 364 g/mol. The van der Waals surface area contributed by atoms with Crippen LogP contribution in [0.2, 0.25) is 0 Å². The maximum atomic E-state index is 4.42. The lowest BCUT2D eigenvalue weighted by atomic mass is 10.0. The van der Waals surface area contributed by atoms with E-state index < -0.39 is 0 Å². The van der Waals surface area contributed by atoms with Crippen molar-refractivity contribution in [1.82, 2.24) is 9.55 Å². The van der Waals surface area contributed by atoms with E-state index in [0.29, 0.717) is 0 Å². The molecule has 0 aliphatic heterocycles. The molecule has 2 aromatic carbocycles. The van der Waals surface area contributed by atoms with Gasteiger partial charge in [0.05, 0.1) is 17.1 Å². The summed E-state index contributed by atoms with van der Waals surface area (Å²) in [6.07, 6.45) is 1.76. The lowest BCUT2D eigenvalue weighted by Gasteiger charge is -2.05. The second-order valence-electron chi connectivity index (χ2n) is 6.41. The molecule has 2 heterocycles. The topological polar surface area (TPSA) is 42.5 Å². The Morgan fingerprint density at radius 2 is 1.54 bits per heavy atom. The van der Waals surface area contributed by atoms with Crippen LogP contribution < -0.4 is 4.80 Å². The maximum absolute atomic E-state index is 4.42. The summed E-state index contributed by atoms with van der Waals surface area (Å²) >= 11 is 1.58. The molecule has 5 heteroatoms. The van der Waals surface area contributed by atoms with Gasteiger partial charge in [0.25, 0.3) is 0 Å². The monoisotopic (exact) mass is 384 g/mol. The van der Waals surface area contributed by atoms with Crippen LogP contribution in [0, 0.1) is 0 Å². The zero-order valence-electron chi connectivity index (χ0n) is 15.8. The molecule has 0 amide bonds. The van der Waals surface area contributed by atoms with Gasteiger partial charge in [-0.05, 0) is 35.7 Å². The van der Waals surface area contributed by atoms with E-state index in [0.717, 1.165) is 27.5 Å². The highest BCUT2D eigenvalue weighted by Gasteiger charge is 2.06. The number of aromatic nitrogens is 2. The first-order chi connectivity index (χ1) is 13.7. The molecule has 0 atom stereocenters. The zero-order chi connectivity index (χ0) is 19.3. The minimum Gasteiger partial charge on any atom is -0.318 e. The molecule has 138 valence electrons. The van der Waals surface area contributed by atoms with E-state index >= 15 is 0 Å². The normalized spacial score (nSPS) is 12.4. The fraction of sp³-hybridized carbons (Fsp3) is 0.0870. The van der Waals surface area contributed by atoms with E-state index in [1.165, 1.54) is 11.1 Å². The average molecular weight is 385 g/mol. The van der Waals surface area contributed by atoms with Crippen molar-refractivity contribution in [1.29, 1.82) is 0 Å². The van der Waals surface area contributed by atoms with Crippen molar-refractivity contribution in [3.63, 3.8) is 0 Å². The molecule has 0 aliphatic carbocycles. The van der Waals surface area contributed by atoms with Crippen LogP contribution in [0.4, 0.5) is 0 Å². The highest BCUT2D eigenvalue weighted by atomic mass is 32.1. The zero-order valence-corrected chi connectivity index (χ0v) is 16.6. The van der Waals surface area contributed by atoms with Crippen molar-refractivity contribution in [2.45, 2.75) is 6.92 Å². The van der Waals surface area contributed by atoms with Gasteiger partial charge in [0.1, 0.15) is 0 Å². The van der Waals surface area contributed by atoms with Crippen LogP contribution in [0.15, 0.2) is 94.6 Å². The molecule has 0 N–H and O–H groups in total. The first kappa shape index (κ1) is 18.1. The minimum absolute atomic E-state index is 0.794. The summed E-state index contributed by atoms with van der Waals surface area (Å²) in [5, 5.41) is 10.9. The summed E-state index contributed by atoms with van der Waals surface area (Å²) in [5.74, 6) is 0. The van der Waals surface area contributed by atoms with Crippen LogP contribution in [0.3, 0.4) is 0 Å². The Labute approximate surface area is 168 Å². The number of hydrogen-bond donors (Lipinski definition) is 0. The Balaban J connectivity index is 1.62. The van der Waals surface area contributed by atoms with Crippen LogP contribution in [0.5, 0.6) is 0 Å². The third-order valence-corrected chi connectivity index (χ3v) is 5.44. The first-order valence-corrected chi connectivity index (χ1v) is 9.90. The van der Waals surface area contributed by atoms with Gasteiger partial charge in [0.2, 0.25) is 4.80 Å². The smallest absolute Gasteiger partial charge is 0.210 e. The Kier molecular flexibility index (Phi) is 5.26. The fourth-order valence-electron chi connectivity index (χ4n) is 2.93. The quantitative estimate of drug-likeness (QED) is 0.355. The molecule has 0 spiro atoms. The largest absolute Gasteiger partial charge is 0.318 e. The highest BCUT2D eigenvalue weighted by molar-refractivity contribution is 7.07. The van der Waals surface area contributed by atoms with Crippen molar-refractivity contribution >= 4 is 17.0 Å². The van der Waals surface area contributed by atoms with Gasteiger partial charge in [0, 0.05) is 18.6 Å². The molecule has 0 bridgehead atoms. The Morgan fingerprint density at radius 3 is 2.25 bits per heavy atom. The number of thiazole rings is 1. The van der Waals surface area contributed by atoms with Crippen LogP contribution in [0.25, 0.3) is 22.4 Å². The van der Waals surface area contributed by atoms with E-state index in [1.807, 2.05) is 38.2 Å². The SMILES string of the molecule is C/C(=N\N=c1/scc(-c2ccc(-c3ccccc3)cc2)n1C)c1ccccn1. The van der Waals surface area contributed by atoms with Gasteiger partial charge in [-0.25, -0.2) is 0 Å². The molecule has 0 radical (unpaired) electrons. The van der Waals surface area contributed by atoms with Gasteiger partial charge < -0.3 is 4.57 Å². The summed E-state index contributed by atoms with van der Waals surface area (Å²) in [5.41, 5.74) is 6.34. The highest BCUT2D eigenvalue weighted by Crippen LogP contribution is 2.24. The standard InChI is InChI=1S/C23H20N4S/c1-17(21-10-6-7-15-24-21)25-26-23-27(2)22(16-28-23)20-13-11-19(12-14-20)18-8-4-3-5-9-18/h3-16H,1-2H3/b25-17+,26-23-. The molecular formula is C23H20N4S. The molecule has 28 heavy (non-hydrogen) atoms. The molecule has 2 aromatic heterocycles. The summed E-state index contributed by atoms with van der Waals surface area (Å²) in [4.78, 5) is 5.15. The van der Waals surface area contributed by atoms with Crippen LogP contribution in [-0.4, -0.2) is 15.3 Å². The van der Waals surface area contributed by atoms with E-state index in [1.54, 1.807) is 17.5 Å². The summed E-state index contributed by atoms with van der Waals surface area (Å²) < 4.78 is 2.07. The van der Waals surface area contributed by atoms with Crippen molar-refractivity contribution in [2.24, 2.45) is 17.3 Å². The van der Waals surface area contributed by atoms with E-state index in [9.17, 15) is 0 Å². The van der Waals surface area contributed by atoms with E-state index in [2.05, 4.69) is 73.7 Å². The molecule has 4 nitrogen and oxygen atoms in total. The van der Waals surface area contributed by atoms with Crippen LogP contribution in [0.1, 0.15) is 12.6 Å². The average Bonchev–Trinajstić information content (AvgIpc) is 3.13. The second kappa shape index (κ2) is 8.15. The van der Waals surface area contributed by atoms with Crippen LogP contribution >= 0.6 is 11.3 Å². The molecule has 0 fully saturated rings. The number of nitrogens with zero attached hydrogens (tertiary/aromatic N) is 4. The van der Waals surface area contributed by atoms with Gasteiger partial charge in [-0.3, -0.25) is 4.98 Å². The van der Waals surface area contributed by atoms with Crippen molar-refractivity contribution in [2.75, 3.05) is 0 Å². The van der Waals surface area contributed by atoms with Gasteiger partial charge in [-0.1, -0.05) is 60.7 Å².